The van der Waals surface area contributed by atoms with Gasteiger partial charge in [0.25, 0.3) is 11.7 Å². The molecule has 1 aromatic rings. The van der Waals surface area contributed by atoms with E-state index in [2.05, 4.69) is 20.6 Å². The van der Waals surface area contributed by atoms with Gasteiger partial charge in [-0.2, -0.15) is 9.52 Å². The highest BCUT2D eigenvalue weighted by molar-refractivity contribution is 7.88. The molecular formula is C7H12N6O3S. The van der Waals surface area contributed by atoms with E-state index in [-0.39, 0.29) is 11.7 Å². The van der Waals surface area contributed by atoms with Gasteiger partial charge in [-0.25, -0.2) is 8.42 Å². The monoisotopic (exact) mass is 260 g/mol. The number of sulfonamides is 1. The van der Waals surface area contributed by atoms with E-state index in [4.69, 9.17) is 0 Å². The molecule has 1 amide bonds. The van der Waals surface area contributed by atoms with Crippen LogP contribution in [-0.4, -0.2) is 76.6 Å². The average Bonchev–Trinajstić information content (AvgIpc) is 2.80. The summed E-state index contributed by atoms with van der Waals surface area (Å²) in [6.45, 7) is 1.26. The molecule has 0 atom stereocenters. The molecule has 1 aliphatic rings. The van der Waals surface area contributed by atoms with E-state index in [0.29, 0.717) is 26.2 Å². The summed E-state index contributed by atoms with van der Waals surface area (Å²) in [7, 11) is -3.18. The SMILES string of the molecule is CS(=O)(=O)N1CCN(C(=O)c2nn[nH]n2)CC1. The number of carbonyl (C=O) groups excluding carboxylic acids is 1. The molecule has 1 N–H and O–H groups in total. The standard InChI is InChI=1S/C7H12N6O3S/c1-17(15,16)13-4-2-12(3-5-13)7(14)6-8-10-11-9-6/h2-5H2,1H3,(H,8,9,10,11). The number of nitrogens with one attached hydrogen (secondary N) is 1. The molecule has 1 fully saturated rings. The van der Waals surface area contributed by atoms with Gasteiger partial charge in [0.05, 0.1) is 6.26 Å². The number of aromatic nitrogens is 4. The molecule has 1 aliphatic heterocycles. The first-order chi connectivity index (χ1) is 7.98. The van der Waals surface area contributed by atoms with Crippen molar-refractivity contribution in [2.45, 2.75) is 0 Å². The van der Waals surface area contributed by atoms with Crippen LogP contribution in [0.4, 0.5) is 0 Å². The number of carbonyl (C=O) groups is 1. The van der Waals surface area contributed by atoms with E-state index in [0.717, 1.165) is 6.26 Å². The molecule has 2 heterocycles. The van der Waals surface area contributed by atoms with Crippen LogP contribution >= 0.6 is 0 Å². The zero-order chi connectivity index (χ0) is 12.5. The van der Waals surface area contributed by atoms with Crippen molar-refractivity contribution in [2.75, 3.05) is 32.4 Å². The maximum absolute atomic E-state index is 11.8. The maximum atomic E-state index is 11.8. The van der Waals surface area contributed by atoms with Gasteiger partial charge in [-0.05, 0) is 5.21 Å². The van der Waals surface area contributed by atoms with Gasteiger partial charge >= 0.3 is 0 Å². The Morgan fingerprint density at radius 1 is 1.29 bits per heavy atom. The lowest BCUT2D eigenvalue weighted by atomic mass is 10.3. The quantitative estimate of drug-likeness (QED) is 0.653. The van der Waals surface area contributed by atoms with Crippen molar-refractivity contribution in [3.8, 4) is 0 Å². The van der Waals surface area contributed by atoms with Crippen LogP contribution in [0.15, 0.2) is 0 Å². The van der Waals surface area contributed by atoms with E-state index >= 15 is 0 Å². The molecule has 2 rings (SSSR count). The summed E-state index contributed by atoms with van der Waals surface area (Å²) in [5.74, 6) is -0.343. The van der Waals surface area contributed by atoms with Crippen LogP contribution in [0.5, 0.6) is 0 Å². The van der Waals surface area contributed by atoms with Crippen molar-refractivity contribution in [2.24, 2.45) is 0 Å². The lowest BCUT2D eigenvalue weighted by Crippen LogP contribution is -2.50. The first-order valence-electron chi connectivity index (χ1n) is 4.96. The number of hydrogen-bond donors (Lipinski definition) is 1. The Hall–Kier alpha value is -1.55. The largest absolute Gasteiger partial charge is 0.333 e. The van der Waals surface area contributed by atoms with Gasteiger partial charge in [0, 0.05) is 26.2 Å². The van der Waals surface area contributed by atoms with E-state index in [1.165, 1.54) is 9.21 Å². The molecule has 0 spiro atoms. The zero-order valence-corrected chi connectivity index (χ0v) is 10.0. The van der Waals surface area contributed by atoms with E-state index in [1.807, 2.05) is 0 Å². The minimum absolute atomic E-state index is 0.00203. The van der Waals surface area contributed by atoms with Crippen molar-refractivity contribution in [3.63, 3.8) is 0 Å². The van der Waals surface area contributed by atoms with Crippen LogP contribution < -0.4 is 0 Å². The smallest absolute Gasteiger partial charge is 0.295 e. The molecule has 10 heteroatoms. The van der Waals surface area contributed by atoms with Crippen molar-refractivity contribution in [3.05, 3.63) is 5.82 Å². The van der Waals surface area contributed by atoms with Gasteiger partial charge in [0.1, 0.15) is 0 Å². The fourth-order valence-electron chi connectivity index (χ4n) is 1.62. The van der Waals surface area contributed by atoms with Gasteiger partial charge in [-0.1, -0.05) is 0 Å². The average molecular weight is 260 g/mol. The number of hydrogen-bond acceptors (Lipinski definition) is 6. The Balaban J connectivity index is 1.98. The predicted octanol–water partition coefficient (Wildman–Crippen LogP) is -2.08. The number of piperazine rings is 1. The molecule has 0 aliphatic carbocycles. The number of rotatable bonds is 2. The summed E-state index contributed by atoms with van der Waals surface area (Å²) in [6, 6.07) is 0. The molecule has 0 saturated carbocycles. The summed E-state index contributed by atoms with van der Waals surface area (Å²) in [6.07, 6.45) is 1.16. The third-order valence-corrected chi connectivity index (χ3v) is 3.83. The Bertz CT molecular complexity index is 490. The van der Waals surface area contributed by atoms with Gasteiger partial charge < -0.3 is 4.90 Å². The van der Waals surface area contributed by atoms with Crippen LogP contribution in [0.2, 0.25) is 0 Å². The molecule has 17 heavy (non-hydrogen) atoms. The summed E-state index contributed by atoms with van der Waals surface area (Å²) in [5.41, 5.74) is 0. The summed E-state index contributed by atoms with van der Waals surface area (Å²) in [5, 5.41) is 12.7. The molecule has 1 aromatic heterocycles. The maximum Gasteiger partial charge on any atom is 0.295 e. The van der Waals surface area contributed by atoms with Gasteiger partial charge in [-0.15, -0.1) is 10.2 Å². The second kappa shape index (κ2) is 4.37. The Kier molecular flexibility index (Phi) is 3.07. The van der Waals surface area contributed by atoms with Crippen molar-refractivity contribution >= 4 is 15.9 Å². The molecule has 9 nitrogen and oxygen atoms in total. The van der Waals surface area contributed by atoms with Crippen LogP contribution in [0, 0.1) is 0 Å². The van der Waals surface area contributed by atoms with E-state index in [9.17, 15) is 13.2 Å². The fourth-order valence-corrected chi connectivity index (χ4v) is 2.44. The number of tetrazole rings is 1. The highest BCUT2D eigenvalue weighted by Gasteiger charge is 2.28. The molecule has 0 bridgehead atoms. The molecule has 1 saturated heterocycles. The second-order valence-electron chi connectivity index (χ2n) is 3.69. The van der Waals surface area contributed by atoms with Crippen LogP contribution in [0.1, 0.15) is 10.6 Å². The Labute approximate surface area is 97.8 Å². The second-order valence-corrected chi connectivity index (χ2v) is 5.67. The lowest BCUT2D eigenvalue weighted by Gasteiger charge is -2.32. The molecular weight excluding hydrogens is 248 g/mol. The third kappa shape index (κ3) is 2.58. The van der Waals surface area contributed by atoms with Crippen molar-refractivity contribution < 1.29 is 13.2 Å². The highest BCUT2D eigenvalue weighted by Crippen LogP contribution is 2.07. The van der Waals surface area contributed by atoms with E-state index in [1.54, 1.807) is 0 Å². The van der Waals surface area contributed by atoms with Crippen molar-refractivity contribution in [1.29, 1.82) is 0 Å². The zero-order valence-electron chi connectivity index (χ0n) is 9.20. The molecule has 0 unspecified atom stereocenters. The number of amides is 1. The fraction of sp³-hybridized carbons (Fsp3) is 0.714. The van der Waals surface area contributed by atoms with Crippen molar-refractivity contribution in [1.82, 2.24) is 29.8 Å². The summed E-state index contributed by atoms with van der Waals surface area (Å²) < 4.78 is 23.9. The van der Waals surface area contributed by atoms with E-state index < -0.39 is 10.0 Å². The lowest BCUT2D eigenvalue weighted by molar-refractivity contribution is 0.0686. The predicted molar refractivity (Wildman–Crippen MR) is 56.5 cm³/mol. The summed E-state index contributed by atoms with van der Waals surface area (Å²) >= 11 is 0. The molecule has 0 radical (unpaired) electrons. The van der Waals surface area contributed by atoms with Crippen LogP contribution in [0.25, 0.3) is 0 Å². The summed E-state index contributed by atoms with van der Waals surface area (Å²) in [4.78, 5) is 13.3. The number of nitrogens with zero attached hydrogens (tertiary/aromatic N) is 5. The van der Waals surface area contributed by atoms with Gasteiger partial charge in [-0.3, -0.25) is 4.79 Å². The first-order valence-corrected chi connectivity index (χ1v) is 6.81. The first kappa shape index (κ1) is 11.9. The van der Waals surface area contributed by atoms with Crippen LogP contribution in [0.3, 0.4) is 0 Å². The number of H-pyrrole nitrogens is 1. The normalized spacial score (nSPS) is 18.3. The Morgan fingerprint density at radius 3 is 2.41 bits per heavy atom. The topological polar surface area (TPSA) is 112 Å². The Morgan fingerprint density at radius 2 is 1.94 bits per heavy atom. The minimum Gasteiger partial charge on any atom is -0.333 e. The molecule has 0 aromatic carbocycles. The molecule has 94 valence electrons. The number of aromatic amines is 1. The van der Waals surface area contributed by atoms with Gasteiger partial charge in [0.15, 0.2) is 0 Å². The van der Waals surface area contributed by atoms with Gasteiger partial charge in [0.2, 0.25) is 10.0 Å². The third-order valence-electron chi connectivity index (χ3n) is 2.53. The minimum atomic E-state index is -3.18. The van der Waals surface area contributed by atoms with Crippen LogP contribution in [-0.2, 0) is 10.0 Å². The highest BCUT2D eigenvalue weighted by atomic mass is 32.2.